The maximum atomic E-state index is 14.1. The highest BCUT2D eigenvalue weighted by atomic mass is 19.1. The number of nitrogens with zero attached hydrogens (tertiary/aromatic N) is 3. The van der Waals surface area contributed by atoms with Crippen molar-refractivity contribution in [3.8, 4) is 5.75 Å². The lowest BCUT2D eigenvalue weighted by molar-refractivity contribution is 0.114. The lowest BCUT2D eigenvalue weighted by atomic mass is 10.1. The molecule has 1 saturated carbocycles. The van der Waals surface area contributed by atoms with Crippen LogP contribution in [0, 0.1) is 5.82 Å². The predicted octanol–water partition coefficient (Wildman–Crippen LogP) is 3.71. The Kier molecular flexibility index (Phi) is 4.70. The summed E-state index contributed by atoms with van der Waals surface area (Å²) in [5, 5.41) is 0.839. The normalized spacial score (nSPS) is 21.1. The van der Waals surface area contributed by atoms with Gasteiger partial charge in [-0.2, -0.15) is 0 Å². The second-order valence-electron chi connectivity index (χ2n) is 6.93. The van der Waals surface area contributed by atoms with Gasteiger partial charge in [-0.25, -0.2) is 14.4 Å². The Balaban J connectivity index is 1.76. The van der Waals surface area contributed by atoms with Gasteiger partial charge in [0.15, 0.2) is 11.6 Å². The molecule has 1 aromatic heterocycles. The van der Waals surface area contributed by atoms with Gasteiger partial charge in [0.1, 0.15) is 12.1 Å². The molecule has 0 bridgehead atoms. The molecule has 1 aromatic carbocycles. The van der Waals surface area contributed by atoms with Crippen LogP contribution in [0.4, 0.5) is 10.2 Å². The van der Waals surface area contributed by atoms with E-state index in [9.17, 15) is 4.39 Å². The molecule has 1 unspecified atom stereocenters. The van der Waals surface area contributed by atoms with E-state index in [0.29, 0.717) is 11.6 Å². The summed E-state index contributed by atoms with van der Waals surface area (Å²) in [7, 11) is 1.48. The van der Waals surface area contributed by atoms with Crippen molar-refractivity contribution in [2.75, 3.05) is 25.2 Å². The molecular weight excluding hydrogens is 321 g/mol. The molecule has 1 aliphatic carbocycles. The second kappa shape index (κ2) is 7.12. The van der Waals surface area contributed by atoms with Gasteiger partial charge in [-0.05, 0) is 31.7 Å². The SMILES string of the molecule is COc1cc2c(N(CC3CCCO3)C3CCCC3)ncnc2cc1F. The Labute approximate surface area is 147 Å². The fraction of sp³-hybridized carbons (Fsp3) is 0.579. The monoisotopic (exact) mass is 345 g/mol. The Hall–Kier alpha value is -1.95. The van der Waals surface area contributed by atoms with E-state index in [-0.39, 0.29) is 11.9 Å². The van der Waals surface area contributed by atoms with Gasteiger partial charge in [0.05, 0.1) is 18.7 Å². The molecule has 2 heterocycles. The molecule has 1 atom stereocenters. The van der Waals surface area contributed by atoms with E-state index in [1.807, 2.05) is 0 Å². The van der Waals surface area contributed by atoms with Gasteiger partial charge in [-0.1, -0.05) is 12.8 Å². The van der Waals surface area contributed by atoms with Gasteiger partial charge in [0, 0.05) is 30.6 Å². The van der Waals surface area contributed by atoms with Crippen molar-refractivity contribution in [1.82, 2.24) is 9.97 Å². The summed E-state index contributed by atoms with van der Waals surface area (Å²) in [6.45, 7) is 1.67. The van der Waals surface area contributed by atoms with E-state index in [1.165, 1.54) is 32.3 Å². The van der Waals surface area contributed by atoms with Gasteiger partial charge in [-0.3, -0.25) is 0 Å². The molecule has 2 fully saturated rings. The van der Waals surface area contributed by atoms with Crippen molar-refractivity contribution in [2.45, 2.75) is 50.7 Å². The van der Waals surface area contributed by atoms with E-state index >= 15 is 0 Å². The van der Waals surface area contributed by atoms with E-state index in [4.69, 9.17) is 9.47 Å². The summed E-state index contributed by atoms with van der Waals surface area (Å²) < 4.78 is 25.1. The first kappa shape index (κ1) is 16.5. The molecule has 2 aliphatic rings. The van der Waals surface area contributed by atoms with Gasteiger partial charge in [0.25, 0.3) is 0 Å². The number of hydrogen-bond donors (Lipinski definition) is 0. The number of aromatic nitrogens is 2. The number of ether oxygens (including phenoxy) is 2. The van der Waals surface area contributed by atoms with E-state index in [1.54, 1.807) is 6.07 Å². The zero-order chi connectivity index (χ0) is 17.2. The Morgan fingerprint density at radius 3 is 2.76 bits per heavy atom. The molecular formula is C19H24FN3O2. The Morgan fingerprint density at radius 2 is 2.04 bits per heavy atom. The first-order chi connectivity index (χ1) is 12.3. The van der Waals surface area contributed by atoms with Crippen LogP contribution in [-0.4, -0.2) is 42.4 Å². The third kappa shape index (κ3) is 3.27. The summed E-state index contributed by atoms with van der Waals surface area (Å²) in [4.78, 5) is 11.2. The lowest BCUT2D eigenvalue weighted by Crippen LogP contribution is -2.40. The predicted molar refractivity (Wildman–Crippen MR) is 94.6 cm³/mol. The van der Waals surface area contributed by atoms with Crippen LogP contribution in [-0.2, 0) is 4.74 Å². The molecule has 0 radical (unpaired) electrons. The number of benzene rings is 1. The third-order valence-electron chi connectivity index (χ3n) is 5.35. The minimum atomic E-state index is -0.397. The minimum absolute atomic E-state index is 0.229. The minimum Gasteiger partial charge on any atom is -0.494 e. The number of hydrogen-bond acceptors (Lipinski definition) is 5. The van der Waals surface area contributed by atoms with Crippen LogP contribution in [0.2, 0.25) is 0 Å². The standard InChI is InChI=1S/C19H24FN3O2/c1-24-18-9-15-17(10-16(18)20)21-12-22-19(15)23(13-5-2-3-6-13)11-14-7-4-8-25-14/h9-10,12-14H,2-8,11H2,1H3. The molecule has 2 aromatic rings. The van der Waals surface area contributed by atoms with Crippen LogP contribution in [0.15, 0.2) is 18.5 Å². The zero-order valence-corrected chi connectivity index (χ0v) is 14.6. The largest absolute Gasteiger partial charge is 0.494 e. The molecule has 1 aliphatic heterocycles. The van der Waals surface area contributed by atoms with Crippen LogP contribution in [0.1, 0.15) is 38.5 Å². The maximum Gasteiger partial charge on any atom is 0.167 e. The summed E-state index contributed by atoms with van der Waals surface area (Å²) in [5.41, 5.74) is 0.610. The highest BCUT2D eigenvalue weighted by Gasteiger charge is 2.29. The first-order valence-corrected chi connectivity index (χ1v) is 9.13. The van der Waals surface area contributed by atoms with Crippen molar-refractivity contribution in [3.05, 3.63) is 24.3 Å². The third-order valence-corrected chi connectivity index (χ3v) is 5.35. The van der Waals surface area contributed by atoms with E-state index in [2.05, 4.69) is 14.9 Å². The van der Waals surface area contributed by atoms with Gasteiger partial charge < -0.3 is 14.4 Å². The van der Waals surface area contributed by atoms with Crippen molar-refractivity contribution in [3.63, 3.8) is 0 Å². The fourth-order valence-corrected chi connectivity index (χ4v) is 4.06. The molecule has 6 heteroatoms. The topological polar surface area (TPSA) is 47.5 Å². The van der Waals surface area contributed by atoms with Crippen LogP contribution in [0.25, 0.3) is 10.9 Å². The van der Waals surface area contributed by atoms with Crippen LogP contribution < -0.4 is 9.64 Å². The zero-order valence-electron chi connectivity index (χ0n) is 14.6. The molecule has 0 spiro atoms. The quantitative estimate of drug-likeness (QED) is 0.827. The van der Waals surface area contributed by atoms with Gasteiger partial charge in [-0.15, -0.1) is 0 Å². The molecule has 0 amide bonds. The summed E-state index contributed by atoms with van der Waals surface area (Å²) >= 11 is 0. The smallest absolute Gasteiger partial charge is 0.167 e. The van der Waals surface area contributed by atoms with Gasteiger partial charge >= 0.3 is 0 Å². The highest BCUT2D eigenvalue weighted by molar-refractivity contribution is 5.90. The summed E-state index contributed by atoms with van der Waals surface area (Å²) in [6.07, 6.45) is 8.79. The van der Waals surface area contributed by atoms with Crippen LogP contribution >= 0.6 is 0 Å². The Morgan fingerprint density at radius 1 is 1.20 bits per heavy atom. The summed E-state index contributed by atoms with van der Waals surface area (Å²) in [5.74, 6) is 0.698. The summed E-state index contributed by atoms with van der Waals surface area (Å²) in [6, 6.07) is 3.61. The van der Waals surface area contributed by atoms with Crippen molar-refractivity contribution >= 4 is 16.7 Å². The first-order valence-electron chi connectivity index (χ1n) is 9.13. The lowest BCUT2D eigenvalue weighted by Gasteiger charge is -2.32. The van der Waals surface area contributed by atoms with Crippen molar-refractivity contribution < 1.29 is 13.9 Å². The molecule has 25 heavy (non-hydrogen) atoms. The number of anilines is 1. The van der Waals surface area contributed by atoms with Crippen LogP contribution in [0.5, 0.6) is 5.75 Å². The second-order valence-corrected chi connectivity index (χ2v) is 6.93. The highest BCUT2D eigenvalue weighted by Crippen LogP contribution is 2.34. The molecule has 1 saturated heterocycles. The van der Waals surface area contributed by atoms with Gasteiger partial charge in [0.2, 0.25) is 0 Å². The number of methoxy groups -OCH3 is 1. The molecule has 134 valence electrons. The average molecular weight is 345 g/mol. The fourth-order valence-electron chi connectivity index (χ4n) is 4.06. The molecule has 5 nitrogen and oxygen atoms in total. The molecule has 4 rings (SSSR count). The van der Waals surface area contributed by atoms with E-state index in [0.717, 1.165) is 50.0 Å². The maximum absolute atomic E-state index is 14.1. The average Bonchev–Trinajstić information content (AvgIpc) is 3.32. The Bertz CT molecular complexity index is 743. The number of halogens is 1. The number of rotatable bonds is 5. The van der Waals surface area contributed by atoms with Crippen LogP contribution in [0.3, 0.4) is 0 Å². The molecule has 0 N–H and O–H groups in total. The number of fused-ring (bicyclic) bond motifs is 1. The van der Waals surface area contributed by atoms with Crippen molar-refractivity contribution in [1.29, 1.82) is 0 Å². The van der Waals surface area contributed by atoms with Crippen molar-refractivity contribution in [2.24, 2.45) is 0 Å². The van der Waals surface area contributed by atoms with E-state index < -0.39 is 5.82 Å².